The quantitative estimate of drug-likeness (QED) is 0.545. The predicted molar refractivity (Wildman–Crippen MR) is 111 cm³/mol. The molecule has 0 spiro atoms. The zero-order valence-electron chi connectivity index (χ0n) is 15.4. The van der Waals surface area contributed by atoms with Gasteiger partial charge in [-0.2, -0.15) is 4.98 Å². The number of anilines is 1. The highest BCUT2D eigenvalue weighted by Gasteiger charge is 2.23. The summed E-state index contributed by atoms with van der Waals surface area (Å²) in [7, 11) is 0. The summed E-state index contributed by atoms with van der Waals surface area (Å²) < 4.78 is 2.00. The van der Waals surface area contributed by atoms with E-state index in [2.05, 4.69) is 15.3 Å². The molecule has 1 N–H and O–H groups in total. The number of aromatic nitrogens is 3. The van der Waals surface area contributed by atoms with Gasteiger partial charge in [-0.15, -0.1) is 0 Å². The average molecular weight is 426 g/mol. The van der Waals surface area contributed by atoms with E-state index in [-0.39, 0.29) is 17.0 Å². The highest BCUT2D eigenvalue weighted by atomic mass is 35.5. The van der Waals surface area contributed by atoms with Crippen LogP contribution in [0.4, 0.5) is 5.95 Å². The molecule has 2 heterocycles. The molecule has 0 aliphatic carbocycles. The third kappa shape index (κ3) is 4.37. The van der Waals surface area contributed by atoms with Gasteiger partial charge < -0.3 is 4.57 Å². The van der Waals surface area contributed by atoms with Gasteiger partial charge in [-0.05, 0) is 36.8 Å². The summed E-state index contributed by atoms with van der Waals surface area (Å²) in [4.78, 5) is 20.9. The second kappa shape index (κ2) is 7.30. The summed E-state index contributed by atoms with van der Waals surface area (Å²) in [5.74, 6) is 0.0121. The number of fused-ring (bicyclic) bond motifs is 1. The van der Waals surface area contributed by atoms with Gasteiger partial charge in [-0.25, -0.2) is 4.98 Å². The Morgan fingerprint density at radius 2 is 1.70 bits per heavy atom. The fraction of sp³-hybridized carbons (Fsp3) is 0.316. The van der Waals surface area contributed by atoms with E-state index in [1.54, 1.807) is 6.07 Å². The molecule has 8 heteroatoms. The lowest BCUT2D eigenvalue weighted by Crippen LogP contribution is -2.28. The van der Waals surface area contributed by atoms with E-state index in [1.165, 1.54) is 0 Å². The van der Waals surface area contributed by atoms with Crippen LogP contribution in [0.1, 0.15) is 32.0 Å². The fourth-order valence-corrected chi connectivity index (χ4v) is 3.53. The van der Waals surface area contributed by atoms with Gasteiger partial charge in [0, 0.05) is 27.7 Å². The second-order valence-corrected chi connectivity index (χ2v) is 8.66. The SMILES string of the molecule is Cc1cc2nc(NC(=O)C(C)(C)C)nc(Cl)c2n1Cc1cc(Cl)cc(Cl)c1. The first-order valence-electron chi connectivity index (χ1n) is 8.34. The van der Waals surface area contributed by atoms with Crippen LogP contribution in [0.5, 0.6) is 0 Å². The molecule has 5 nitrogen and oxygen atoms in total. The van der Waals surface area contributed by atoms with Gasteiger partial charge in [0.05, 0.1) is 5.52 Å². The van der Waals surface area contributed by atoms with Crippen molar-refractivity contribution in [2.45, 2.75) is 34.2 Å². The Kier molecular flexibility index (Phi) is 5.39. The molecule has 0 aliphatic rings. The Morgan fingerprint density at radius 3 is 2.30 bits per heavy atom. The number of rotatable bonds is 3. The van der Waals surface area contributed by atoms with Gasteiger partial charge in [0.2, 0.25) is 11.9 Å². The van der Waals surface area contributed by atoms with E-state index in [0.29, 0.717) is 27.6 Å². The molecule has 3 aromatic rings. The summed E-state index contributed by atoms with van der Waals surface area (Å²) in [6.07, 6.45) is 0. The monoisotopic (exact) mass is 424 g/mol. The summed E-state index contributed by atoms with van der Waals surface area (Å²) in [5.41, 5.74) is 2.69. The maximum Gasteiger partial charge on any atom is 0.232 e. The number of hydrogen-bond acceptors (Lipinski definition) is 3. The molecule has 1 aromatic carbocycles. The lowest BCUT2D eigenvalue weighted by molar-refractivity contribution is -0.123. The molecule has 0 saturated carbocycles. The summed E-state index contributed by atoms with van der Waals surface area (Å²) >= 11 is 18.6. The van der Waals surface area contributed by atoms with Crippen LogP contribution in [0.25, 0.3) is 11.0 Å². The van der Waals surface area contributed by atoms with Crippen LogP contribution in [0.3, 0.4) is 0 Å². The van der Waals surface area contributed by atoms with Gasteiger partial charge in [0.15, 0.2) is 5.15 Å². The lowest BCUT2D eigenvalue weighted by atomic mass is 9.96. The topological polar surface area (TPSA) is 59.8 Å². The Hall–Kier alpha value is -1.82. The number of nitrogens with one attached hydrogen (secondary N) is 1. The molecule has 0 atom stereocenters. The van der Waals surface area contributed by atoms with Gasteiger partial charge in [-0.1, -0.05) is 55.6 Å². The van der Waals surface area contributed by atoms with Gasteiger partial charge in [-0.3, -0.25) is 10.1 Å². The number of hydrogen-bond donors (Lipinski definition) is 1. The van der Waals surface area contributed by atoms with E-state index in [1.807, 2.05) is 50.5 Å². The summed E-state index contributed by atoms with van der Waals surface area (Å²) in [5, 5.41) is 4.13. The predicted octanol–water partition coefficient (Wildman–Crippen LogP) is 5.73. The number of nitrogens with zero attached hydrogens (tertiary/aromatic N) is 3. The molecular formula is C19H19Cl3N4O. The third-order valence-corrected chi connectivity index (χ3v) is 4.78. The van der Waals surface area contributed by atoms with Crippen molar-refractivity contribution >= 4 is 57.7 Å². The Morgan fingerprint density at radius 1 is 1.07 bits per heavy atom. The van der Waals surface area contributed by atoms with Crippen molar-refractivity contribution in [2.75, 3.05) is 5.32 Å². The number of carbonyl (C=O) groups is 1. The van der Waals surface area contributed by atoms with Crippen LogP contribution in [0.2, 0.25) is 15.2 Å². The van der Waals surface area contributed by atoms with Crippen LogP contribution in [-0.2, 0) is 11.3 Å². The highest BCUT2D eigenvalue weighted by Crippen LogP contribution is 2.28. The zero-order chi connectivity index (χ0) is 19.9. The van der Waals surface area contributed by atoms with Gasteiger partial charge in [0.1, 0.15) is 5.52 Å². The van der Waals surface area contributed by atoms with E-state index in [4.69, 9.17) is 34.8 Å². The van der Waals surface area contributed by atoms with Crippen molar-refractivity contribution in [2.24, 2.45) is 5.41 Å². The first-order chi connectivity index (χ1) is 12.5. The van der Waals surface area contributed by atoms with Crippen molar-refractivity contribution in [1.29, 1.82) is 0 Å². The Bertz CT molecular complexity index is 1020. The van der Waals surface area contributed by atoms with Crippen molar-refractivity contribution in [1.82, 2.24) is 14.5 Å². The molecule has 2 aromatic heterocycles. The van der Waals surface area contributed by atoms with Crippen molar-refractivity contribution < 1.29 is 4.79 Å². The maximum absolute atomic E-state index is 12.2. The summed E-state index contributed by atoms with van der Waals surface area (Å²) in [6, 6.07) is 7.30. The largest absolute Gasteiger partial charge is 0.337 e. The van der Waals surface area contributed by atoms with Crippen LogP contribution < -0.4 is 5.32 Å². The maximum atomic E-state index is 12.2. The number of carbonyl (C=O) groups excluding carboxylic acids is 1. The average Bonchev–Trinajstić information content (AvgIpc) is 2.81. The molecular weight excluding hydrogens is 407 g/mol. The highest BCUT2D eigenvalue weighted by molar-refractivity contribution is 6.35. The normalized spacial score (nSPS) is 11.8. The fourth-order valence-electron chi connectivity index (χ4n) is 2.68. The van der Waals surface area contributed by atoms with Crippen molar-refractivity contribution in [3.8, 4) is 0 Å². The lowest BCUT2D eigenvalue weighted by Gasteiger charge is -2.17. The number of amides is 1. The van der Waals surface area contributed by atoms with Gasteiger partial charge in [0.25, 0.3) is 0 Å². The zero-order valence-corrected chi connectivity index (χ0v) is 17.7. The smallest absolute Gasteiger partial charge is 0.232 e. The van der Waals surface area contributed by atoms with Crippen molar-refractivity contribution in [3.63, 3.8) is 0 Å². The minimum absolute atomic E-state index is 0.178. The van der Waals surface area contributed by atoms with Gasteiger partial charge >= 0.3 is 0 Å². The molecule has 0 bridgehead atoms. The number of aryl methyl sites for hydroxylation is 1. The molecule has 0 aliphatic heterocycles. The molecule has 27 heavy (non-hydrogen) atoms. The van der Waals surface area contributed by atoms with Crippen LogP contribution in [0.15, 0.2) is 24.3 Å². The molecule has 1 amide bonds. The van der Waals surface area contributed by atoms with Crippen LogP contribution >= 0.6 is 34.8 Å². The molecule has 0 unspecified atom stereocenters. The number of benzene rings is 1. The Labute approximate surface area is 172 Å². The summed E-state index contributed by atoms with van der Waals surface area (Å²) in [6.45, 7) is 7.93. The standard InChI is InChI=1S/C19H19Cl3N4O/c1-10-5-14-15(26(10)9-11-6-12(20)8-13(21)7-11)16(22)24-18(23-14)25-17(27)19(2,3)4/h5-8H,9H2,1-4H3,(H,23,24,25,27). The first-order valence-corrected chi connectivity index (χ1v) is 9.48. The molecule has 0 saturated heterocycles. The van der Waals surface area contributed by atoms with Crippen LogP contribution in [-0.4, -0.2) is 20.4 Å². The Balaban J connectivity index is 2.01. The molecule has 3 rings (SSSR count). The van der Waals surface area contributed by atoms with E-state index < -0.39 is 5.41 Å². The van der Waals surface area contributed by atoms with Crippen LogP contribution in [0, 0.1) is 12.3 Å². The first kappa shape index (κ1) is 19.9. The third-order valence-electron chi connectivity index (χ3n) is 4.08. The molecule has 0 fully saturated rings. The van der Waals surface area contributed by atoms with E-state index in [0.717, 1.165) is 11.3 Å². The van der Waals surface area contributed by atoms with E-state index >= 15 is 0 Å². The minimum atomic E-state index is -0.557. The van der Waals surface area contributed by atoms with E-state index in [9.17, 15) is 4.79 Å². The van der Waals surface area contributed by atoms with Crippen molar-refractivity contribution in [3.05, 3.63) is 50.7 Å². The minimum Gasteiger partial charge on any atom is -0.337 e. The number of halogens is 3. The second-order valence-electron chi connectivity index (χ2n) is 7.43. The molecule has 0 radical (unpaired) electrons. The molecule has 142 valence electrons.